The molecule has 0 nitrogen and oxygen atoms in total. The summed E-state index contributed by atoms with van der Waals surface area (Å²) in [5.74, 6) is -2.80. The van der Waals surface area contributed by atoms with E-state index in [-0.39, 0.29) is 6.42 Å². The van der Waals surface area contributed by atoms with Gasteiger partial charge in [-0.25, -0.2) is 13.2 Å². The highest BCUT2D eigenvalue weighted by molar-refractivity contribution is 4.68. The molecule has 0 unspecified atom stereocenters. The molecule has 1 atom stereocenters. The van der Waals surface area contributed by atoms with Crippen molar-refractivity contribution >= 4 is 0 Å². The van der Waals surface area contributed by atoms with Crippen LogP contribution in [0.25, 0.3) is 0 Å². The molecule has 0 saturated heterocycles. The predicted molar refractivity (Wildman–Crippen MR) is 35.0 cm³/mol. The first kappa shape index (κ1) is 9.79. The van der Waals surface area contributed by atoms with Crippen LogP contribution in [-0.4, -0.2) is 12.1 Å². The van der Waals surface area contributed by atoms with Crippen LogP contribution in [0.2, 0.25) is 0 Å². The molecule has 0 aromatic heterocycles. The van der Waals surface area contributed by atoms with Gasteiger partial charge in [0.05, 0.1) is 0 Å². The number of alkyl halides is 3. The molecule has 0 amide bonds. The van der Waals surface area contributed by atoms with Gasteiger partial charge in [-0.05, 0) is 6.92 Å². The number of halogens is 3. The molecule has 0 aliphatic carbocycles. The van der Waals surface area contributed by atoms with Crippen molar-refractivity contribution in [3.05, 3.63) is 0 Å². The molecule has 0 rings (SSSR count). The fourth-order valence-corrected chi connectivity index (χ4v) is 0.879. The maximum atomic E-state index is 12.4. The third kappa shape index (κ3) is 4.65. The van der Waals surface area contributed by atoms with Gasteiger partial charge >= 0.3 is 0 Å². The normalized spacial score (nSPS) is 15.3. The van der Waals surface area contributed by atoms with E-state index in [1.807, 2.05) is 0 Å². The first-order chi connectivity index (χ1) is 4.48. The van der Waals surface area contributed by atoms with Gasteiger partial charge in [0, 0.05) is 12.8 Å². The molecule has 0 aliphatic rings. The Labute approximate surface area is 59.4 Å². The van der Waals surface area contributed by atoms with E-state index in [0.29, 0.717) is 6.42 Å². The summed E-state index contributed by atoms with van der Waals surface area (Å²) in [7, 11) is 0. The zero-order valence-electron chi connectivity index (χ0n) is 6.33. The molecule has 0 heterocycles. The Bertz CT molecular complexity index is 88.9. The molecule has 0 saturated carbocycles. The van der Waals surface area contributed by atoms with Crippen LogP contribution in [0.4, 0.5) is 13.2 Å². The third-order valence-corrected chi connectivity index (χ3v) is 1.20. The van der Waals surface area contributed by atoms with Crippen LogP contribution in [0.5, 0.6) is 0 Å². The standard InChI is InChI=1S/C7H13F3/c1-3-4-7(9,10)5-6(2)8/h6H,3-5H2,1-2H3/t6-/m0/s1. The second kappa shape index (κ2) is 3.84. The molecule has 0 aromatic carbocycles. The van der Waals surface area contributed by atoms with Crippen LogP contribution < -0.4 is 0 Å². The van der Waals surface area contributed by atoms with Gasteiger partial charge in [0.15, 0.2) is 0 Å². The van der Waals surface area contributed by atoms with Crippen LogP contribution in [-0.2, 0) is 0 Å². The second-order valence-corrected chi connectivity index (χ2v) is 2.59. The summed E-state index contributed by atoms with van der Waals surface area (Å²) in [6.07, 6.45) is -1.84. The second-order valence-electron chi connectivity index (χ2n) is 2.59. The van der Waals surface area contributed by atoms with Gasteiger partial charge in [-0.15, -0.1) is 0 Å². The van der Waals surface area contributed by atoms with E-state index in [4.69, 9.17) is 0 Å². The lowest BCUT2D eigenvalue weighted by atomic mass is 10.1. The summed E-state index contributed by atoms with van der Waals surface area (Å²) in [6.45, 7) is 2.82. The number of hydrogen-bond donors (Lipinski definition) is 0. The maximum absolute atomic E-state index is 12.4. The first-order valence-corrected chi connectivity index (χ1v) is 3.50. The smallest absolute Gasteiger partial charge is 0.248 e. The van der Waals surface area contributed by atoms with Crippen LogP contribution in [0.15, 0.2) is 0 Å². The van der Waals surface area contributed by atoms with E-state index < -0.39 is 18.5 Å². The van der Waals surface area contributed by atoms with Crippen molar-refractivity contribution in [1.82, 2.24) is 0 Å². The molecule has 0 fully saturated rings. The fourth-order valence-electron chi connectivity index (χ4n) is 0.879. The molecule has 3 heteroatoms. The molecule has 0 N–H and O–H groups in total. The Morgan fingerprint density at radius 3 is 2.20 bits per heavy atom. The Hall–Kier alpha value is -0.210. The highest BCUT2D eigenvalue weighted by Gasteiger charge is 2.29. The largest absolute Gasteiger partial charge is 0.250 e. The van der Waals surface area contributed by atoms with Crippen LogP contribution in [0.3, 0.4) is 0 Å². The lowest BCUT2D eigenvalue weighted by Crippen LogP contribution is -2.19. The Balaban J connectivity index is 3.63. The summed E-state index contributed by atoms with van der Waals surface area (Å²) in [6, 6.07) is 0. The van der Waals surface area contributed by atoms with Crippen LogP contribution in [0, 0.1) is 0 Å². The first-order valence-electron chi connectivity index (χ1n) is 3.50. The predicted octanol–water partition coefficient (Wildman–Crippen LogP) is 3.17. The van der Waals surface area contributed by atoms with Crippen molar-refractivity contribution in [2.75, 3.05) is 0 Å². The molecular formula is C7H13F3. The number of hydrogen-bond acceptors (Lipinski definition) is 0. The Kier molecular flexibility index (Phi) is 3.76. The minimum atomic E-state index is -2.80. The van der Waals surface area contributed by atoms with E-state index >= 15 is 0 Å². The minimum absolute atomic E-state index is 0.207. The lowest BCUT2D eigenvalue weighted by Gasteiger charge is -2.15. The summed E-state index contributed by atoms with van der Waals surface area (Å²) < 4.78 is 36.9. The third-order valence-electron chi connectivity index (χ3n) is 1.20. The zero-order chi connectivity index (χ0) is 8.20. The molecular weight excluding hydrogens is 141 g/mol. The summed E-state index contributed by atoms with van der Waals surface area (Å²) >= 11 is 0. The topological polar surface area (TPSA) is 0 Å². The van der Waals surface area contributed by atoms with Gasteiger partial charge in [-0.3, -0.25) is 0 Å². The molecule has 0 aromatic rings. The van der Waals surface area contributed by atoms with Gasteiger partial charge < -0.3 is 0 Å². The van der Waals surface area contributed by atoms with Crippen molar-refractivity contribution < 1.29 is 13.2 Å². The van der Waals surface area contributed by atoms with Crippen LogP contribution in [0.1, 0.15) is 33.1 Å². The monoisotopic (exact) mass is 154 g/mol. The van der Waals surface area contributed by atoms with Gasteiger partial charge in [0.1, 0.15) is 6.17 Å². The Morgan fingerprint density at radius 1 is 1.40 bits per heavy atom. The van der Waals surface area contributed by atoms with Gasteiger partial charge in [0.2, 0.25) is 0 Å². The van der Waals surface area contributed by atoms with Crippen molar-refractivity contribution in [1.29, 1.82) is 0 Å². The summed E-state index contributed by atoms with van der Waals surface area (Å²) in [4.78, 5) is 0. The van der Waals surface area contributed by atoms with E-state index in [0.717, 1.165) is 6.92 Å². The van der Waals surface area contributed by atoms with Gasteiger partial charge in [-0.2, -0.15) is 0 Å². The van der Waals surface area contributed by atoms with E-state index in [1.165, 1.54) is 0 Å². The maximum Gasteiger partial charge on any atom is 0.250 e. The van der Waals surface area contributed by atoms with Gasteiger partial charge in [0.25, 0.3) is 5.92 Å². The van der Waals surface area contributed by atoms with Gasteiger partial charge in [-0.1, -0.05) is 13.3 Å². The molecule has 62 valence electrons. The highest BCUT2D eigenvalue weighted by Crippen LogP contribution is 2.26. The van der Waals surface area contributed by atoms with E-state index in [9.17, 15) is 13.2 Å². The quantitative estimate of drug-likeness (QED) is 0.583. The van der Waals surface area contributed by atoms with Crippen molar-refractivity contribution in [3.63, 3.8) is 0 Å². The molecule has 0 radical (unpaired) electrons. The van der Waals surface area contributed by atoms with E-state index in [1.54, 1.807) is 6.92 Å². The average molecular weight is 154 g/mol. The van der Waals surface area contributed by atoms with Crippen molar-refractivity contribution in [2.45, 2.75) is 45.2 Å². The SMILES string of the molecule is CCCC(F)(F)C[C@H](C)F. The zero-order valence-corrected chi connectivity index (χ0v) is 6.33. The van der Waals surface area contributed by atoms with Crippen LogP contribution >= 0.6 is 0 Å². The average Bonchev–Trinajstić information content (AvgIpc) is 1.59. The molecule has 0 bridgehead atoms. The number of rotatable bonds is 4. The molecule has 10 heavy (non-hydrogen) atoms. The molecule has 0 spiro atoms. The lowest BCUT2D eigenvalue weighted by molar-refractivity contribution is -0.0335. The van der Waals surface area contributed by atoms with Crippen molar-refractivity contribution in [2.24, 2.45) is 0 Å². The van der Waals surface area contributed by atoms with Crippen molar-refractivity contribution in [3.8, 4) is 0 Å². The highest BCUT2D eigenvalue weighted by atomic mass is 19.3. The Morgan fingerprint density at radius 2 is 1.90 bits per heavy atom. The minimum Gasteiger partial charge on any atom is -0.248 e. The summed E-state index contributed by atoms with van der Waals surface area (Å²) in [5.41, 5.74) is 0. The van der Waals surface area contributed by atoms with E-state index in [2.05, 4.69) is 0 Å². The summed E-state index contributed by atoms with van der Waals surface area (Å²) in [5, 5.41) is 0. The molecule has 0 aliphatic heterocycles. The fraction of sp³-hybridized carbons (Fsp3) is 1.00.